The van der Waals surface area contributed by atoms with Crippen LogP contribution in [0, 0.1) is 0 Å². The second kappa shape index (κ2) is 11.3. The number of nitrogens with zero attached hydrogens (tertiary/aromatic N) is 2. The number of aryl methyl sites for hydroxylation is 1. The highest BCUT2D eigenvalue weighted by molar-refractivity contribution is 5.75. The van der Waals surface area contributed by atoms with Crippen LogP contribution in [0.15, 0.2) is 91.0 Å². The van der Waals surface area contributed by atoms with Crippen molar-refractivity contribution in [3.05, 3.63) is 102 Å². The van der Waals surface area contributed by atoms with E-state index in [1.54, 1.807) is 7.11 Å². The summed E-state index contributed by atoms with van der Waals surface area (Å²) in [4.78, 5) is 12.4. The van der Waals surface area contributed by atoms with Crippen LogP contribution in [0.2, 0.25) is 0 Å². The van der Waals surface area contributed by atoms with Gasteiger partial charge >= 0.3 is 5.97 Å². The highest BCUT2D eigenvalue weighted by Gasteiger charge is 2.20. The molecule has 34 heavy (non-hydrogen) atoms. The lowest BCUT2D eigenvalue weighted by atomic mass is 10.1. The first-order chi connectivity index (χ1) is 16.7. The molecular formula is C28H29N3O3. The van der Waals surface area contributed by atoms with Gasteiger partial charge in [0.25, 0.3) is 0 Å². The normalized spacial score (nSPS) is 11.7. The van der Waals surface area contributed by atoms with Gasteiger partial charge in [0.05, 0.1) is 31.3 Å². The van der Waals surface area contributed by atoms with Crippen molar-refractivity contribution >= 4 is 5.97 Å². The zero-order chi connectivity index (χ0) is 23.8. The van der Waals surface area contributed by atoms with Crippen molar-refractivity contribution in [2.45, 2.75) is 25.4 Å². The molecular weight excluding hydrogens is 426 g/mol. The van der Waals surface area contributed by atoms with E-state index in [4.69, 9.17) is 14.6 Å². The van der Waals surface area contributed by atoms with Crippen molar-refractivity contribution in [1.82, 2.24) is 15.1 Å². The lowest BCUT2D eigenvalue weighted by Crippen LogP contribution is -2.37. The number of esters is 1. The standard InChI is InChI=1S/C28H29N3O3/c1-33-25-16-13-22(14-17-25)27-19-23(30-31(27)24-11-7-4-8-12-24)15-18-26(28(32)34-2)29-20-21-9-5-3-6-10-21/h3-14,16-17,19,26,29H,15,18,20H2,1-2H3/t26-/m1/s1. The molecule has 4 aromatic rings. The Hall–Kier alpha value is -3.90. The molecule has 6 nitrogen and oxygen atoms in total. The molecule has 1 atom stereocenters. The minimum atomic E-state index is -0.420. The molecule has 0 saturated carbocycles. The van der Waals surface area contributed by atoms with Gasteiger partial charge in [-0.3, -0.25) is 4.79 Å². The monoisotopic (exact) mass is 455 g/mol. The molecule has 0 bridgehead atoms. The van der Waals surface area contributed by atoms with Gasteiger partial charge in [0.15, 0.2) is 0 Å². The van der Waals surface area contributed by atoms with Gasteiger partial charge in [0, 0.05) is 12.1 Å². The first-order valence-electron chi connectivity index (χ1n) is 11.3. The molecule has 0 spiro atoms. The molecule has 6 heteroatoms. The maximum Gasteiger partial charge on any atom is 0.322 e. The highest BCUT2D eigenvalue weighted by atomic mass is 16.5. The number of hydrogen-bond donors (Lipinski definition) is 1. The van der Waals surface area contributed by atoms with Gasteiger partial charge in [-0.25, -0.2) is 4.68 Å². The topological polar surface area (TPSA) is 65.4 Å². The van der Waals surface area contributed by atoms with Gasteiger partial charge in [-0.05, 0) is 60.9 Å². The van der Waals surface area contributed by atoms with Crippen molar-refractivity contribution in [3.63, 3.8) is 0 Å². The average molecular weight is 456 g/mol. The van der Waals surface area contributed by atoms with Gasteiger partial charge in [0.2, 0.25) is 0 Å². The second-order valence-electron chi connectivity index (χ2n) is 7.98. The van der Waals surface area contributed by atoms with E-state index < -0.39 is 6.04 Å². The van der Waals surface area contributed by atoms with Crippen molar-refractivity contribution < 1.29 is 14.3 Å². The molecule has 1 heterocycles. The molecule has 1 N–H and O–H groups in total. The molecule has 0 unspecified atom stereocenters. The Morgan fingerprint density at radius 1 is 0.941 bits per heavy atom. The minimum absolute atomic E-state index is 0.270. The van der Waals surface area contributed by atoms with Gasteiger partial charge in [-0.1, -0.05) is 48.5 Å². The Morgan fingerprint density at radius 3 is 2.26 bits per heavy atom. The summed E-state index contributed by atoms with van der Waals surface area (Å²) >= 11 is 0. The number of ether oxygens (including phenoxy) is 2. The number of carbonyl (C=O) groups is 1. The average Bonchev–Trinajstić information content (AvgIpc) is 3.34. The summed E-state index contributed by atoms with van der Waals surface area (Å²) in [5, 5.41) is 8.21. The van der Waals surface area contributed by atoms with Crippen LogP contribution in [0.5, 0.6) is 5.75 Å². The Bertz CT molecular complexity index is 1190. The van der Waals surface area contributed by atoms with Crippen LogP contribution in [-0.2, 0) is 22.5 Å². The van der Waals surface area contributed by atoms with E-state index in [1.165, 1.54) is 7.11 Å². The smallest absolute Gasteiger partial charge is 0.322 e. The summed E-state index contributed by atoms with van der Waals surface area (Å²) in [6, 6.07) is 29.7. The number of aromatic nitrogens is 2. The molecule has 3 aromatic carbocycles. The predicted octanol–water partition coefficient (Wildman–Crippen LogP) is 4.81. The molecule has 0 aliphatic heterocycles. The number of methoxy groups -OCH3 is 2. The van der Waals surface area contributed by atoms with E-state index in [2.05, 4.69) is 11.4 Å². The molecule has 1 aromatic heterocycles. The Kier molecular flexibility index (Phi) is 7.73. The third-order valence-electron chi connectivity index (χ3n) is 5.72. The third-order valence-corrected chi connectivity index (χ3v) is 5.72. The van der Waals surface area contributed by atoms with Crippen LogP contribution in [0.3, 0.4) is 0 Å². The van der Waals surface area contributed by atoms with Crippen LogP contribution in [0.4, 0.5) is 0 Å². The van der Waals surface area contributed by atoms with Crippen LogP contribution < -0.4 is 10.1 Å². The van der Waals surface area contributed by atoms with Crippen molar-refractivity contribution in [3.8, 4) is 22.7 Å². The van der Waals surface area contributed by atoms with E-state index in [9.17, 15) is 4.79 Å². The fourth-order valence-electron chi connectivity index (χ4n) is 3.86. The summed E-state index contributed by atoms with van der Waals surface area (Å²) in [5.41, 5.74) is 5.02. The highest BCUT2D eigenvalue weighted by Crippen LogP contribution is 2.26. The summed E-state index contributed by atoms with van der Waals surface area (Å²) in [6.45, 7) is 0.593. The zero-order valence-corrected chi connectivity index (χ0v) is 19.5. The van der Waals surface area contributed by atoms with Crippen molar-refractivity contribution in [2.24, 2.45) is 0 Å². The first kappa shape index (κ1) is 23.3. The molecule has 0 amide bonds. The van der Waals surface area contributed by atoms with Crippen LogP contribution in [-0.4, -0.2) is 36.0 Å². The van der Waals surface area contributed by atoms with E-state index in [0.717, 1.165) is 34.0 Å². The van der Waals surface area contributed by atoms with Gasteiger partial charge in [0.1, 0.15) is 11.8 Å². The Morgan fingerprint density at radius 2 is 1.62 bits per heavy atom. The lowest BCUT2D eigenvalue weighted by Gasteiger charge is -2.16. The lowest BCUT2D eigenvalue weighted by molar-refractivity contribution is -0.143. The van der Waals surface area contributed by atoms with Gasteiger partial charge in [-0.15, -0.1) is 0 Å². The maximum atomic E-state index is 12.4. The van der Waals surface area contributed by atoms with Crippen LogP contribution in [0.1, 0.15) is 17.7 Å². The number of para-hydroxylation sites is 1. The van der Waals surface area contributed by atoms with Crippen molar-refractivity contribution in [2.75, 3.05) is 14.2 Å². The molecule has 0 aliphatic rings. The molecule has 0 saturated heterocycles. The largest absolute Gasteiger partial charge is 0.497 e. The van der Waals surface area contributed by atoms with E-state index in [-0.39, 0.29) is 5.97 Å². The minimum Gasteiger partial charge on any atom is -0.497 e. The predicted molar refractivity (Wildman–Crippen MR) is 133 cm³/mol. The van der Waals surface area contributed by atoms with E-state index in [0.29, 0.717) is 19.4 Å². The number of rotatable bonds is 10. The van der Waals surface area contributed by atoms with E-state index in [1.807, 2.05) is 89.6 Å². The third kappa shape index (κ3) is 5.71. The van der Waals surface area contributed by atoms with E-state index >= 15 is 0 Å². The molecule has 174 valence electrons. The fourth-order valence-corrected chi connectivity index (χ4v) is 3.86. The van der Waals surface area contributed by atoms with Gasteiger partial charge in [-0.2, -0.15) is 5.10 Å². The zero-order valence-electron chi connectivity index (χ0n) is 19.5. The van der Waals surface area contributed by atoms with Gasteiger partial charge < -0.3 is 14.8 Å². The molecule has 0 radical (unpaired) electrons. The summed E-state index contributed by atoms with van der Waals surface area (Å²) < 4.78 is 12.3. The second-order valence-corrected chi connectivity index (χ2v) is 7.98. The maximum absolute atomic E-state index is 12.4. The number of carbonyl (C=O) groups excluding carboxylic acids is 1. The fraction of sp³-hybridized carbons (Fsp3) is 0.214. The SMILES string of the molecule is COC(=O)[C@@H](CCc1cc(-c2ccc(OC)cc2)n(-c2ccccc2)n1)NCc1ccccc1. The van der Waals surface area contributed by atoms with Crippen LogP contribution >= 0.6 is 0 Å². The summed E-state index contributed by atoms with van der Waals surface area (Å²) in [5.74, 6) is 0.536. The number of hydrogen-bond acceptors (Lipinski definition) is 5. The number of nitrogens with one attached hydrogen (secondary N) is 1. The first-order valence-corrected chi connectivity index (χ1v) is 11.3. The summed E-state index contributed by atoms with van der Waals surface area (Å²) in [6.07, 6.45) is 1.21. The quantitative estimate of drug-likeness (QED) is 0.348. The Labute approximate surface area is 200 Å². The van der Waals surface area contributed by atoms with Crippen LogP contribution in [0.25, 0.3) is 16.9 Å². The molecule has 0 aliphatic carbocycles. The number of benzene rings is 3. The Balaban J connectivity index is 1.55. The van der Waals surface area contributed by atoms with Crippen molar-refractivity contribution in [1.29, 1.82) is 0 Å². The summed E-state index contributed by atoms with van der Waals surface area (Å²) in [7, 11) is 3.08. The molecule has 4 rings (SSSR count). The molecule has 0 fully saturated rings.